The van der Waals surface area contributed by atoms with Gasteiger partial charge in [0, 0.05) is 12.4 Å². The van der Waals surface area contributed by atoms with Crippen LogP contribution in [0, 0.1) is 5.92 Å². The van der Waals surface area contributed by atoms with Crippen LogP contribution in [0.4, 0.5) is 0 Å². The number of aromatic nitrogens is 1. The molecule has 0 spiro atoms. The van der Waals surface area contributed by atoms with E-state index in [1.54, 1.807) is 0 Å². The third-order valence-corrected chi connectivity index (χ3v) is 2.28. The van der Waals surface area contributed by atoms with Crippen LogP contribution in [0.15, 0.2) is 37.2 Å². The summed E-state index contributed by atoms with van der Waals surface area (Å²) in [6.45, 7) is 3.78. The Balaban J connectivity index is 2.14. The Hall–Kier alpha value is -1.11. The minimum atomic E-state index is 0.720. The lowest BCUT2D eigenvalue weighted by atomic mass is 10.1. The van der Waals surface area contributed by atoms with Crippen molar-refractivity contribution in [1.82, 2.24) is 4.98 Å². The van der Waals surface area contributed by atoms with Crippen molar-refractivity contribution < 1.29 is 0 Å². The molecule has 0 aromatic carbocycles. The van der Waals surface area contributed by atoms with E-state index in [0.717, 1.165) is 11.8 Å². The van der Waals surface area contributed by atoms with Crippen molar-refractivity contribution in [3.05, 3.63) is 42.7 Å². The van der Waals surface area contributed by atoms with E-state index in [1.165, 1.54) is 12.0 Å². The number of rotatable bonds is 2. The number of hydrogen-bond acceptors (Lipinski definition) is 1. The molecule has 1 aromatic rings. The van der Waals surface area contributed by atoms with Gasteiger partial charge in [-0.05, 0) is 36.0 Å². The molecule has 2 atom stereocenters. The summed E-state index contributed by atoms with van der Waals surface area (Å²) >= 11 is 0. The minimum Gasteiger partial charge on any atom is -0.265 e. The second-order valence-corrected chi connectivity index (χ2v) is 3.02. The molecule has 0 saturated heterocycles. The lowest BCUT2D eigenvalue weighted by Gasteiger charge is -1.94. The molecule has 0 N–H and O–H groups in total. The third-order valence-electron chi connectivity index (χ3n) is 2.28. The fourth-order valence-electron chi connectivity index (χ4n) is 1.47. The predicted octanol–water partition coefficient (Wildman–Crippen LogP) is 2.37. The predicted molar refractivity (Wildman–Crippen MR) is 45.3 cm³/mol. The van der Waals surface area contributed by atoms with Gasteiger partial charge >= 0.3 is 0 Å². The van der Waals surface area contributed by atoms with E-state index in [0.29, 0.717) is 0 Å². The van der Waals surface area contributed by atoms with E-state index >= 15 is 0 Å². The Kier molecular flexibility index (Phi) is 1.50. The Morgan fingerprint density at radius 3 is 2.73 bits per heavy atom. The van der Waals surface area contributed by atoms with Gasteiger partial charge in [0.1, 0.15) is 0 Å². The Bertz CT molecular complexity index is 253. The van der Waals surface area contributed by atoms with Gasteiger partial charge in [-0.2, -0.15) is 0 Å². The molecule has 11 heavy (non-hydrogen) atoms. The number of hydrogen-bond donors (Lipinski definition) is 0. The van der Waals surface area contributed by atoms with Crippen LogP contribution in [0.3, 0.4) is 0 Å². The van der Waals surface area contributed by atoms with Crippen molar-refractivity contribution in [2.24, 2.45) is 5.92 Å². The highest BCUT2D eigenvalue weighted by Gasteiger charge is 2.35. The molecule has 1 saturated carbocycles. The first-order chi connectivity index (χ1) is 5.42. The molecule has 56 valence electrons. The molecule has 0 amide bonds. The second kappa shape index (κ2) is 2.50. The van der Waals surface area contributed by atoms with Crippen molar-refractivity contribution in [3.8, 4) is 0 Å². The van der Waals surface area contributed by atoms with Crippen LogP contribution >= 0.6 is 0 Å². The fraction of sp³-hybridized carbons (Fsp3) is 0.300. The summed E-state index contributed by atoms with van der Waals surface area (Å²) in [5, 5.41) is 0. The number of allylic oxidation sites excluding steroid dienone is 1. The van der Waals surface area contributed by atoms with Gasteiger partial charge in [0.2, 0.25) is 0 Å². The van der Waals surface area contributed by atoms with E-state index in [2.05, 4.69) is 23.7 Å². The number of pyridine rings is 1. The topological polar surface area (TPSA) is 12.9 Å². The van der Waals surface area contributed by atoms with Gasteiger partial charge in [0.25, 0.3) is 0 Å². The van der Waals surface area contributed by atoms with E-state index < -0.39 is 0 Å². The van der Waals surface area contributed by atoms with Crippen LogP contribution in [0.1, 0.15) is 17.9 Å². The Morgan fingerprint density at radius 1 is 1.45 bits per heavy atom. The molecule has 1 nitrogen and oxygen atoms in total. The van der Waals surface area contributed by atoms with Gasteiger partial charge in [-0.15, -0.1) is 6.58 Å². The minimum absolute atomic E-state index is 0.720. The summed E-state index contributed by atoms with van der Waals surface area (Å²) in [5.74, 6) is 1.45. The highest BCUT2D eigenvalue weighted by molar-refractivity contribution is 5.25. The third kappa shape index (κ3) is 1.18. The SMILES string of the molecule is C=C[C@H]1C[C@H]1c1ccncc1. The fourth-order valence-corrected chi connectivity index (χ4v) is 1.47. The maximum absolute atomic E-state index is 3.98. The summed E-state index contributed by atoms with van der Waals surface area (Å²) in [6.07, 6.45) is 7.03. The van der Waals surface area contributed by atoms with Crippen molar-refractivity contribution in [2.45, 2.75) is 12.3 Å². The molecule has 1 heterocycles. The normalized spacial score (nSPS) is 28.0. The zero-order chi connectivity index (χ0) is 7.68. The molecule has 1 aliphatic carbocycles. The van der Waals surface area contributed by atoms with Crippen molar-refractivity contribution in [2.75, 3.05) is 0 Å². The van der Waals surface area contributed by atoms with Crippen LogP contribution in [0.2, 0.25) is 0 Å². The first-order valence-corrected chi connectivity index (χ1v) is 3.94. The van der Waals surface area contributed by atoms with Crippen LogP contribution in [0.25, 0.3) is 0 Å². The largest absolute Gasteiger partial charge is 0.265 e. The molecule has 0 aliphatic heterocycles. The zero-order valence-corrected chi connectivity index (χ0v) is 6.40. The highest BCUT2D eigenvalue weighted by atomic mass is 14.6. The molecule has 1 aromatic heterocycles. The molecule has 1 fully saturated rings. The number of nitrogens with zero attached hydrogens (tertiary/aromatic N) is 1. The first-order valence-electron chi connectivity index (χ1n) is 3.94. The Labute approximate surface area is 66.8 Å². The molecule has 1 aliphatic rings. The summed E-state index contributed by atoms with van der Waals surface area (Å²) in [6, 6.07) is 4.18. The average molecular weight is 145 g/mol. The second-order valence-electron chi connectivity index (χ2n) is 3.02. The van der Waals surface area contributed by atoms with Crippen LogP contribution < -0.4 is 0 Å². The van der Waals surface area contributed by atoms with Gasteiger partial charge in [-0.1, -0.05) is 6.08 Å². The summed E-state index contributed by atoms with van der Waals surface area (Å²) in [4.78, 5) is 3.98. The van der Waals surface area contributed by atoms with Gasteiger partial charge in [0.05, 0.1) is 0 Å². The van der Waals surface area contributed by atoms with E-state index in [1.807, 2.05) is 18.5 Å². The van der Waals surface area contributed by atoms with Crippen LogP contribution in [-0.2, 0) is 0 Å². The first kappa shape index (κ1) is 6.59. The summed E-state index contributed by atoms with van der Waals surface area (Å²) < 4.78 is 0. The molecule has 0 bridgehead atoms. The molecule has 0 unspecified atom stereocenters. The smallest absolute Gasteiger partial charge is 0.0270 e. The highest BCUT2D eigenvalue weighted by Crippen LogP contribution is 2.47. The lowest BCUT2D eigenvalue weighted by molar-refractivity contribution is 1.01. The van der Waals surface area contributed by atoms with Gasteiger partial charge in [0.15, 0.2) is 0 Å². The molecule has 0 radical (unpaired) electrons. The van der Waals surface area contributed by atoms with E-state index in [9.17, 15) is 0 Å². The van der Waals surface area contributed by atoms with Crippen LogP contribution in [-0.4, -0.2) is 4.98 Å². The average Bonchev–Trinajstić information content (AvgIpc) is 2.85. The molecule has 1 heteroatoms. The van der Waals surface area contributed by atoms with Gasteiger partial charge in [-0.25, -0.2) is 0 Å². The van der Waals surface area contributed by atoms with Crippen molar-refractivity contribution in [1.29, 1.82) is 0 Å². The van der Waals surface area contributed by atoms with Crippen molar-refractivity contribution in [3.63, 3.8) is 0 Å². The monoisotopic (exact) mass is 145 g/mol. The van der Waals surface area contributed by atoms with Gasteiger partial charge in [-0.3, -0.25) is 4.98 Å². The Morgan fingerprint density at radius 2 is 2.18 bits per heavy atom. The van der Waals surface area contributed by atoms with Crippen LogP contribution in [0.5, 0.6) is 0 Å². The zero-order valence-electron chi connectivity index (χ0n) is 6.40. The molecular weight excluding hydrogens is 134 g/mol. The lowest BCUT2D eigenvalue weighted by Crippen LogP contribution is -1.80. The summed E-state index contributed by atoms with van der Waals surface area (Å²) in [5.41, 5.74) is 1.41. The van der Waals surface area contributed by atoms with E-state index in [-0.39, 0.29) is 0 Å². The van der Waals surface area contributed by atoms with E-state index in [4.69, 9.17) is 0 Å². The maximum atomic E-state index is 3.98. The standard InChI is InChI=1S/C10H11N/c1-2-8-7-10(8)9-3-5-11-6-4-9/h2-6,8,10H,1,7H2/t8-,10+/m0/s1. The molecule has 2 rings (SSSR count). The molecular formula is C10H11N. The van der Waals surface area contributed by atoms with Gasteiger partial charge < -0.3 is 0 Å². The maximum Gasteiger partial charge on any atom is 0.0270 e. The van der Waals surface area contributed by atoms with Crippen molar-refractivity contribution >= 4 is 0 Å². The summed E-state index contributed by atoms with van der Waals surface area (Å²) in [7, 11) is 0. The quantitative estimate of drug-likeness (QED) is 0.582.